The summed E-state index contributed by atoms with van der Waals surface area (Å²) in [5.74, 6) is -0.183. The van der Waals surface area contributed by atoms with Gasteiger partial charge in [0.05, 0.1) is 16.6 Å². The molecule has 0 saturated heterocycles. The van der Waals surface area contributed by atoms with Crippen LogP contribution in [0.25, 0.3) is 0 Å². The average Bonchev–Trinajstić information content (AvgIpc) is 2.73. The molecule has 3 rings (SSSR count). The van der Waals surface area contributed by atoms with E-state index < -0.39 is 12.5 Å². The van der Waals surface area contributed by atoms with Crippen molar-refractivity contribution in [1.82, 2.24) is 0 Å². The highest BCUT2D eigenvalue weighted by atomic mass is 79.9. The summed E-state index contributed by atoms with van der Waals surface area (Å²) >= 11 is 3.32. The van der Waals surface area contributed by atoms with Crippen LogP contribution in [0.3, 0.4) is 0 Å². The van der Waals surface area contributed by atoms with Crippen LogP contribution < -0.4 is 4.90 Å². The molecule has 2 aliphatic rings. The topological polar surface area (TPSA) is 29.5 Å². The Bertz CT molecular complexity index is 732. The van der Waals surface area contributed by atoms with Crippen molar-refractivity contribution in [2.24, 2.45) is 0 Å². The molecule has 1 amide bonds. The molecule has 1 spiro atoms. The molecule has 0 bridgehead atoms. The van der Waals surface area contributed by atoms with Gasteiger partial charge in [-0.3, -0.25) is 9.69 Å². The third-order valence-electron chi connectivity index (χ3n) is 4.27. The maximum absolute atomic E-state index is 13.2. The number of carbonyl (C=O) groups excluding carboxylic acids is 1. The van der Waals surface area contributed by atoms with E-state index in [4.69, 9.17) is 10.2 Å². The van der Waals surface area contributed by atoms with Crippen LogP contribution in [0.5, 0.6) is 0 Å². The summed E-state index contributed by atoms with van der Waals surface area (Å²) in [5, 5.41) is 0. The molecule has 0 fully saturated rings. The number of fused-ring (bicyclic) bond motifs is 2. The highest BCUT2D eigenvalue weighted by molar-refractivity contribution is 9.10. The highest BCUT2D eigenvalue weighted by Crippen LogP contribution is 2.50. The van der Waals surface area contributed by atoms with Crippen LogP contribution in [0.4, 0.5) is 5.69 Å². The van der Waals surface area contributed by atoms with Crippen LogP contribution in [0.15, 0.2) is 34.3 Å². The molecule has 0 N–H and O–H groups in total. The number of amides is 1. The summed E-state index contributed by atoms with van der Waals surface area (Å²) in [4.78, 5) is 14.5. The molecule has 1 aliphatic heterocycles. The summed E-state index contributed by atoms with van der Waals surface area (Å²) < 4.78 is 35.4. The van der Waals surface area contributed by atoms with Crippen molar-refractivity contribution < 1.29 is 15.0 Å². The Morgan fingerprint density at radius 3 is 3.15 bits per heavy atom. The average molecular weight is 340 g/mol. The van der Waals surface area contributed by atoms with E-state index in [1.807, 2.05) is 13.0 Å². The number of halogens is 1. The molecule has 0 unspecified atom stereocenters. The third-order valence-corrected chi connectivity index (χ3v) is 4.73. The maximum Gasteiger partial charge on any atom is 0.239 e. The van der Waals surface area contributed by atoms with Crippen LogP contribution in [-0.2, 0) is 14.9 Å². The Kier molecular flexibility index (Phi) is 2.44. The standard InChI is InChI=1S/C16H18BrNO2/c1-11-5-7-16(8-6-11)13-4-3-12(17)9-14(13)18(10-20-2)15(16)19/h3-5,9H,6-8,10H2,1-2H3/t16-/m0/s1/i2D3,9D. The van der Waals surface area contributed by atoms with E-state index in [9.17, 15) is 4.79 Å². The number of ether oxygens (including phenoxy) is 1. The van der Waals surface area contributed by atoms with E-state index in [1.165, 1.54) is 10.5 Å². The first kappa shape index (κ1) is 9.74. The molecule has 0 aromatic heterocycles. The van der Waals surface area contributed by atoms with Crippen molar-refractivity contribution in [3.05, 3.63) is 39.9 Å². The second-order valence-electron chi connectivity index (χ2n) is 5.41. The van der Waals surface area contributed by atoms with Crippen LogP contribution in [0, 0.1) is 0 Å². The smallest absolute Gasteiger partial charge is 0.239 e. The van der Waals surface area contributed by atoms with E-state index in [1.54, 1.807) is 6.07 Å². The van der Waals surface area contributed by atoms with Gasteiger partial charge in [-0.1, -0.05) is 33.6 Å². The molecule has 1 aromatic rings. The first-order valence-electron chi connectivity index (χ1n) is 8.57. The number of hydrogen-bond donors (Lipinski definition) is 0. The fraction of sp³-hybridized carbons (Fsp3) is 0.438. The van der Waals surface area contributed by atoms with E-state index in [0.29, 0.717) is 23.0 Å². The summed E-state index contributed by atoms with van der Waals surface area (Å²) in [6.07, 6.45) is 4.09. The second kappa shape index (κ2) is 5.01. The van der Waals surface area contributed by atoms with Gasteiger partial charge < -0.3 is 4.74 Å². The monoisotopic (exact) mass is 339 g/mol. The van der Waals surface area contributed by atoms with Crippen molar-refractivity contribution in [2.45, 2.75) is 31.6 Å². The largest absolute Gasteiger partial charge is 0.364 e. The van der Waals surface area contributed by atoms with Gasteiger partial charge in [0.2, 0.25) is 5.91 Å². The zero-order chi connectivity index (χ0) is 17.7. The number of carbonyl (C=O) groups is 1. The van der Waals surface area contributed by atoms with Crippen LogP contribution in [0.1, 0.15) is 37.2 Å². The van der Waals surface area contributed by atoms with Crippen molar-refractivity contribution >= 4 is 27.5 Å². The van der Waals surface area contributed by atoms with E-state index >= 15 is 0 Å². The number of anilines is 1. The lowest BCUT2D eigenvalue weighted by Gasteiger charge is -2.31. The number of rotatable bonds is 2. The zero-order valence-corrected chi connectivity index (χ0v) is 12.8. The molecule has 3 nitrogen and oxygen atoms in total. The van der Waals surface area contributed by atoms with Crippen molar-refractivity contribution in [3.63, 3.8) is 0 Å². The minimum absolute atomic E-state index is 0.179. The lowest BCUT2D eigenvalue weighted by atomic mass is 9.71. The van der Waals surface area contributed by atoms with Gasteiger partial charge in [-0.2, -0.15) is 0 Å². The molecule has 1 atom stereocenters. The fourth-order valence-electron chi connectivity index (χ4n) is 3.12. The van der Waals surface area contributed by atoms with Gasteiger partial charge in [-0.05, 0) is 43.9 Å². The normalized spacial score (nSPS) is 28.6. The molecule has 1 aromatic carbocycles. The minimum Gasteiger partial charge on any atom is -0.364 e. The molecule has 4 heteroatoms. The fourth-order valence-corrected chi connectivity index (χ4v) is 3.44. The zero-order valence-electron chi connectivity index (χ0n) is 15.2. The van der Waals surface area contributed by atoms with Gasteiger partial charge in [-0.25, -0.2) is 0 Å². The molecule has 1 aliphatic carbocycles. The van der Waals surface area contributed by atoms with Gasteiger partial charge in [0.25, 0.3) is 0 Å². The molecule has 1 heterocycles. The molecular weight excluding hydrogens is 318 g/mol. The van der Waals surface area contributed by atoms with Crippen LogP contribution in [-0.4, -0.2) is 19.7 Å². The summed E-state index contributed by atoms with van der Waals surface area (Å²) in [6.45, 7) is 1.66. The second-order valence-corrected chi connectivity index (χ2v) is 6.27. The lowest BCUT2D eigenvalue weighted by molar-refractivity contribution is -0.124. The van der Waals surface area contributed by atoms with Gasteiger partial charge in [0.15, 0.2) is 0 Å². The number of nitrogens with zero attached hydrogens (tertiary/aromatic N) is 1. The van der Waals surface area contributed by atoms with E-state index in [-0.39, 0.29) is 18.7 Å². The Hall–Kier alpha value is -1.13. The SMILES string of the molecule is [2H]c1c(Br)ccc2c1N(COC([2H])([2H])[2H])C(=O)[C@]21CC=C(C)CC1. The molecule has 20 heavy (non-hydrogen) atoms. The van der Waals surface area contributed by atoms with Gasteiger partial charge >= 0.3 is 0 Å². The van der Waals surface area contributed by atoms with Crippen molar-refractivity contribution in [2.75, 3.05) is 18.7 Å². The first-order chi connectivity index (χ1) is 11.2. The molecule has 106 valence electrons. The maximum atomic E-state index is 13.2. The first-order valence-corrected chi connectivity index (χ1v) is 7.36. The summed E-state index contributed by atoms with van der Waals surface area (Å²) in [5.41, 5.74) is 1.77. The summed E-state index contributed by atoms with van der Waals surface area (Å²) in [6, 6.07) is 3.81. The Morgan fingerprint density at radius 1 is 1.60 bits per heavy atom. The predicted octanol–water partition coefficient (Wildman–Crippen LogP) is 3.77. The number of allylic oxidation sites excluding steroid dienone is 2. The minimum atomic E-state index is -2.59. The summed E-state index contributed by atoms with van der Waals surface area (Å²) in [7, 11) is -2.59. The Morgan fingerprint density at radius 2 is 2.45 bits per heavy atom. The van der Waals surface area contributed by atoms with Gasteiger partial charge in [0.1, 0.15) is 6.73 Å². The molecular formula is C16H18BrNO2. The van der Waals surface area contributed by atoms with Gasteiger partial charge in [0, 0.05) is 11.5 Å². The van der Waals surface area contributed by atoms with Crippen molar-refractivity contribution in [1.29, 1.82) is 0 Å². The lowest BCUT2D eigenvalue weighted by Crippen LogP contribution is -2.42. The van der Waals surface area contributed by atoms with E-state index in [0.717, 1.165) is 12.0 Å². The quantitative estimate of drug-likeness (QED) is 0.767. The van der Waals surface area contributed by atoms with Crippen LogP contribution >= 0.6 is 15.9 Å². The Labute approximate surface area is 133 Å². The third kappa shape index (κ3) is 1.93. The predicted molar refractivity (Wildman–Crippen MR) is 82.8 cm³/mol. The molecule has 0 saturated carbocycles. The Balaban J connectivity index is 2.08. The molecule has 0 radical (unpaired) electrons. The highest BCUT2D eigenvalue weighted by Gasteiger charge is 2.50. The van der Waals surface area contributed by atoms with E-state index in [2.05, 4.69) is 22.0 Å². The van der Waals surface area contributed by atoms with Crippen molar-refractivity contribution in [3.8, 4) is 0 Å². The number of methoxy groups -OCH3 is 1. The van der Waals surface area contributed by atoms with Gasteiger partial charge in [-0.15, -0.1) is 0 Å². The number of benzene rings is 1. The number of hydrogen-bond acceptors (Lipinski definition) is 2. The van der Waals surface area contributed by atoms with Crippen LogP contribution in [0.2, 0.25) is 0 Å².